The molecule has 0 unspecified atom stereocenters. The molecule has 0 fully saturated rings. The van der Waals surface area contributed by atoms with E-state index in [0.717, 1.165) is 5.56 Å². The van der Waals surface area contributed by atoms with Crippen molar-refractivity contribution in [3.05, 3.63) is 23.8 Å². The van der Waals surface area contributed by atoms with Gasteiger partial charge in [0.25, 0.3) is 0 Å². The van der Waals surface area contributed by atoms with Crippen molar-refractivity contribution >= 4 is 21.6 Å². The van der Waals surface area contributed by atoms with Gasteiger partial charge in [0.15, 0.2) is 0 Å². The van der Waals surface area contributed by atoms with Gasteiger partial charge in [0.05, 0.1) is 10.8 Å². The zero-order valence-electron chi connectivity index (χ0n) is 12.1. The van der Waals surface area contributed by atoms with E-state index in [-0.39, 0.29) is 28.7 Å². The van der Waals surface area contributed by atoms with E-state index < -0.39 is 10.0 Å². The van der Waals surface area contributed by atoms with Gasteiger partial charge in [-0.3, -0.25) is 4.79 Å². The van der Waals surface area contributed by atoms with E-state index >= 15 is 0 Å². The van der Waals surface area contributed by atoms with Gasteiger partial charge in [-0.1, -0.05) is 13.8 Å². The third-order valence-electron chi connectivity index (χ3n) is 3.79. The molecule has 20 heavy (non-hydrogen) atoms. The van der Waals surface area contributed by atoms with Crippen LogP contribution in [-0.2, 0) is 14.8 Å². The zero-order valence-corrected chi connectivity index (χ0v) is 12.9. The molecule has 0 bridgehead atoms. The number of nitrogens with one attached hydrogen (secondary N) is 2. The molecule has 2 N–H and O–H groups in total. The molecular weight excluding hydrogens is 276 g/mol. The Balaban J connectivity index is 2.33. The van der Waals surface area contributed by atoms with Gasteiger partial charge in [0.1, 0.15) is 0 Å². The van der Waals surface area contributed by atoms with Crippen molar-refractivity contribution in [1.29, 1.82) is 0 Å². The lowest BCUT2D eigenvalue weighted by atomic mass is 10.0. The summed E-state index contributed by atoms with van der Waals surface area (Å²) >= 11 is 0. The number of hydrogen-bond acceptors (Lipinski definition) is 3. The number of hydrogen-bond donors (Lipinski definition) is 2. The molecule has 2 atom stereocenters. The topological polar surface area (TPSA) is 75.3 Å². The first-order chi connectivity index (χ1) is 9.22. The number of benzene rings is 1. The van der Waals surface area contributed by atoms with Crippen LogP contribution in [0.1, 0.15) is 39.2 Å². The Hall–Kier alpha value is -1.40. The van der Waals surface area contributed by atoms with Crippen molar-refractivity contribution in [2.75, 3.05) is 5.32 Å². The van der Waals surface area contributed by atoms with Crippen LogP contribution in [-0.4, -0.2) is 20.4 Å². The van der Waals surface area contributed by atoms with Gasteiger partial charge in [0, 0.05) is 11.7 Å². The number of sulfonamides is 1. The molecule has 6 heteroatoms. The van der Waals surface area contributed by atoms with Crippen LogP contribution in [0.25, 0.3) is 0 Å². The van der Waals surface area contributed by atoms with E-state index in [4.69, 9.17) is 0 Å². The van der Waals surface area contributed by atoms with Gasteiger partial charge in [-0.15, -0.1) is 0 Å². The second-order valence-corrected chi connectivity index (χ2v) is 7.33. The van der Waals surface area contributed by atoms with Crippen molar-refractivity contribution in [1.82, 2.24) is 4.72 Å². The summed E-state index contributed by atoms with van der Waals surface area (Å²) in [7, 11) is -3.56. The fourth-order valence-corrected chi connectivity index (χ4v) is 3.44. The Morgan fingerprint density at radius 2 is 1.90 bits per heavy atom. The molecule has 0 spiro atoms. The predicted octanol–water partition coefficient (Wildman–Crippen LogP) is 2.06. The Labute approximate surface area is 119 Å². The second-order valence-electron chi connectivity index (χ2n) is 5.61. The Morgan fingerprint density at radius 3 is 2.50 bits per heavy atom. The lowest BCUT2D eigenvalue weighted by Crippen LogP contribution is -2.36. The summed E-state index contributed by atoms with van der Waals surface area (Å²) in [6.07, 6.45) is 0. The first-order valence-corrected chi connectivity index (χ1v) is 8.18. The summed E-state index contributed by atoms with van der Waals surface area (Å²) in [6.45, 7) is 7.52. The van der Waals surface area contributed by atoms with Gasteiger partial charge >= 0.3 is 0 Å². The van der Waals surface area contributed by atoms with Gasteiger partial charge in [-0.05, 0) is 43.5 Å². The summed E-state index contributed by atoms with van der Waals surface area (Å²) in [5.74, 6) is -0.206. The Kier molecular flexibility index (Phi) is 3.88. The molecule has 0 saturated carbocycles. The first-order valence-electron chi connectivity index (χ1n) is 6.69. The number of carbonyl (C=O) groups excluding carboxylic acids is 1. The zero-order chi connectivity index (χ0) is 15.1. The minimum atomic E-state index is -3.56. The molecule has 1 aromatic carbocycles. The lowest BCUT2D eigenvalue weighted by Gasteiger charge is -2.18. The average molecular weight is 296 g/mol. The van der Waals surface area contributed by atoms with Crippen molar-refractivity contribution < 1.29 is 13.2 Å². The predicted molar refractivity (Wildman–Crippen MR) is 78.1 cm³/mol. The molecule has 1 aromatic rings. The Bertz CT molecular complexity index is 638. The quantitative estimate of drug-likeness (QED) is 0.893. The van der Waals surface area contributed by atoms with E-state index in [9.17, 15) is 13.2 Å². The van der Waals surface area contributed by atoms with Gasteiger partial charge in [-0.2, -0.15) is 0 Å². The number of amides is 1. The van der Waals surface area contributed by atoms with Gasteiger partial charge < -0.3 is 5.32 Å². The summed E-state index contributed by atoms with van der Waals surface area (Å²) in [5.41, 5.74) is 1.42. The highest BCUT2D eigenvalue weighted by Gasteiger charge is 2.28. The highest BCUT2D eigenvalue weighted by molar-refractivity contribution is 7.89. The molecule has 0 aliphatic carbocycles. The molecule has 2 rings (SSSR count). The molecule has 1 aliphatic heterocycles. The summed E-state index contributed by atoms with van der Waals surface area (Å²) in [6, 6.07) is 4.59. The fourth-order valence-electron chi connectivity index (χ4n) is 2.01. The average Bonchev–Trinajstić information content (AvgIpc) is 2.64. The summed E-state index contributed by atoms with van der Waals surface area (Å²) < 4.78 is 27.3. The SMILES string of the molecule is CC(C)[C@H](C)NS(=O)(=O)c1ccc2c(c1)[C@H](C)C(=O)N2. The number of carbonyl (C=O) groups is 1. The number of anilines is 1. The Morgan fingerprint density at radius 1 is 1.25 bits per heavy atom. The van der Waals surface area contributed by atoms with Crippen molar-refractivity contribution in [2.45, 2.75) is 44.6 Å². The highest BCUT2D eigenvalue weighted by atomic mass is 32.2. The van der Waals surface area contributed by atoms with E-state index in [1.165, 1.54) is 6.07 Å². The lowest BCUT2D eigenvalue weighted by molar-refractivity contribution is -0.116. The van der Waals surface area contributed by atoms with Crippen LogP contribution in [0.4, 0.5) is 5.69 Å². The van der Waals surface area contributed by atoms with E-state index in [1.54, 1.807) is 19.1 Å². The summed E-state index contributed by atoms with van der Waals surface area (Å²) in [5, 5.41) is 2.73. The minimum absolute atomic E-state index is 0.0990. The smallest absolute Gasteiger partial charge is 0.240 e. The van der Waals surface area contributed by atoms with Gasteiger partial charge in [0.2, 0.25) is 15.9 Å². The molecule has 0 saturated heterocycles. The van der Waals surface area contributed by atoms with Crippen molar-refractivity contribution in [2.24, 2.45) is 5.92 Å². The van der Waals surface area contributed by atoms with Crippen LogP contribution < -0.4 is 10.0 Å². The van der Waals surface area contributed by atoms with E-state index in [0.29, 0.717) is 5.69 Å². The van der Waals surface area contributed by atoms with Gasteiger partial charge in [-0.25, -0.2) is 13.1 Å². The van der Waals surface area contributed by atoms with E-state index in [2.05, 4.69) is 10.0 Å². The maximum atomic E-state index is 12.3. The normalized spacial score (nSPS) is 19.9. The van der Waals surface area contributed by atoms with Crippen LogP contribution in [0.3, 0.4) is 0 Å². The van der Waals surface area contributed by atoms with Crippen LogP contribution in [0.2, 0.25) is 0 Å². The standard InChI is InChI=1S/C14H20N2O3S/c1-8(2)10(4)16-20(18,19)11-5-6-13-12(7-11)9(3)14(17)15-13/h5-10,16H,1-4H3,(H,15,17)/t9-,10-/m0/s1. The second kappa shape index (κ2) is 5.18. The molecule has 110 valence electrons. The molecule has 0 radical (unpaired) electrons. The van der Waals surface area contributed by atoms with Crippen LogP contribution in [0, 0.1) is 5.92 Å². The third kappa shape index (κ3) is 2.71. The number of rotatable bonds is 4. The molecule has 5 nitrogen and oxygen atoms in total. The molecule has 1 heterocycles. The van der Waals surface area contributed by atoms with Crippen LogP contribution >= 0.6 is 0 Å². The largest absolute Gasteiger partial charge is 0.325 e. The molecule has 0 aromatic heterocycles. The first kappa shape index (κ1) is 15.0. The number of fused-ring (bicyclic) bond motifs is 1. The van der Waals surface area contributed by atoms with Crippen LogP contribution in [0.15, 0.2) is 23.1 Å². The maximum Gasteiger partial charge on any atom is 0.240 e. The molecule has 1 aliphatic rings. The third-order valence-corrected chi connectivity index (χ3v) is 5.35. The molecular formula is C14H20N2O3S. The molecule has 1 amide bonds. The minimum Gasteiger partial charge on any atom is -0.325 e. The monoisotopic (exact) mass is 296 g/mol. The van der Waals surface area contributed by atoms with Crippen LogP contribution in [0.5, 0.6) is 0 Å². The highest BCUT2D eigenvalue weighted by Crippen LogP contribution is 2.33. The fraction of sp³-hybridized carbons (Fsp3) is 0.500. The summed E-state index contributed by atoms with van der Waals surface area (Å²) in [4.78, 5) is 11.8. The van der Waals surface area contributed by atoms with E-state index in [1.807, 2.05) is 20.8 Å². The maximum absolute atomic E-state index is 12.3. The van der Waals surface area contributed by atoms with Crippen molar-refractivity contribution in [3.8, 4) is 0 Å². The van der Waals surface area contributed by atoms with Crippen molar-refractivity contribution in [3.63, 3.8) is 0 Å².